The molecule has 0 radical (unpaired) electrons. The van der Waals surface area contributed by atoms with Crippen LogP contribution in [-0.2, 0) is 11.2 Å². The molecule has 0 fully saturated rings. The number of carbonyl (C=O) groups excluding carboxylic acids is 1. The third kappa shape index (κ3) is 4.63. The number of amides is 1. The zero-order valence-corrected chi connectivity index (χ0v) is 17.1. The number of rotatable bonds is 6. The van der Waals surface area contributed by atoms with E-state index in [1.54, 1.807) is 51.4 Å². The number of nitrogens with two attached hydrogens (primary N) is 1. The van der Waals surface area contributed by atoms with E-state index in [4.69, 9.17) is 22.1 Å². The monoisotopic (exact) mass is 412 g/mol. The van der Waals surface area contributed by atoms with Gasteiger partial charge in [0.25, 0.3) is 5.56 Å². The number of halogens is 1. The highest BCUT2D eigenvalue weighted by Crippen LogP contribution is 2.30. The molecule has 0 unspecified atom stereocenters. The molecule has 29 heavy (non-hydrogen) atoms. The van der Waals surface area contributed by atoms with E-state index < -0.39 is 11.3 Å². The van der Waals surface area contributed by atoms with E-state index in [1.807, 2.05) is 6.07 Å². The fourth-order valence-electron chi connectivity index (χ4n) is 2.83. The van der Waals surface area contributed by atoms with Crippen LogP contribution in [0.5, 0.6) is 5.75 Å². The molecule has 0 aliphatic heterocycles. The lowest BCUT2D eigenvalue weighted by Crippen LogP contribution is -2.33. The lowest BCUT2D eigenvalue weighted by molar-refractivity contribution is -0.125. The molecule has 0 aliphatic carbocycles. The molecule has 0 atom stereocenters. The van der Waals surface area contributed by atoms with Crippen LogP contribution in [0.1, 0.15) is 19.4 Å². The topological polar surface area (TPSA) is 111 Å². The van der Waals surface area contributed by atoms with Crippen LogP contribution in [0.15, 0.2) is 47.4 Å². The Morgan fingerprint density at radius 3 is 2.59 bits per heavy atom. The third-order valence-electron chi connectivity index (χ3n) is 4.58. The van der Waals surface area contributed by atoms with Crippen molar-refractivity contribution in [1.82, 2.24) is 15.0 Å². The molecule has 8 heteroatoms. The van der Waals surface area contributed by atoms with Gasteiger partial charge in [0.05, 0.1) is 29.7 Å². The van der Waals surface area contributed by atoms with Gasteiger partial charge in [-0.1, -0.05) is 31.5 Å². The first-order valence-electron chi connectivity index (χ1n) is 8.90. The zero-order chi connectivity index (χ0) is 21.2. The van der Waals surface area contributed by atoms with Crippen molar-refractivity contribution in [1.29, 1.82) is 0 Å². The summed E-state index contributed by atoms with van der Waals surface area (Å²) in [5, 5.41) is 0.425. The van der Waals surface area contributed by atoms with Crippen molar-refractivity contribution in [2.75, 3.05) is 7.11 Å². The smallest absolute Gasteiger partial charge is 0.251 e. The lowest BCUT2D eigenvalue weighted by Gasteiger charge is -2.20. The normalized spacial score (nSPS) is 11.3. The summed E-state index contributed by atoms with van der Waals surface area (Å²) in [7, 11) is 1.55. The molecule has 7 nitrogen and oxygen atoms in total. The van der Waals surface area contributed by atoms with E-state index in [2.05, 4.69) is 15.0 Å². The summed E-state index contributed by atoms with van der Waals surface area (Å²) < 4.78 is 5.11. The van der Waals surface area contributed by atoms with Crippen LogP contribution in [0.4, 0.5) is 0 Å². The number of aromatic amines is 1. The molecule has 1 amide bonds. The van der Waals surface area contributed by atoms with Gasteiger partial charge in [-0.3, -0.25) is 14.6 Å². The Kier molecular flexibility index (Phi) is 5.70. The predicted molar refractivity (Wildman–Crippen MR) is 112 cm³/mol. The fourth-order valence-corrected chi connectivity index (χ4v) is 3.04. The molecule has 0 spiro atoms. The van der Waals surface area contributed by atoms with Gasteiger partial charge in [-0.05, 0) is 36.2 Å². The van der Waals surface area contributed by atoms with Crippen molar-refractivity contribution >= 4 is 17.5 Å². The van der Waals surface area contributed by atoms with E-state index in [-0.39, 0.29) is 5.56 Å². The second kappa shape index (κ2) is 8.05. The number of pyridine rings is 1. The van der Waals surface area contributed by atoms with E-state index in [9.17, 15) is 9.59 Å². The average molecular weight is 413 g/mol. The second-order valence-corrected chi connectivity index (χ2v) is 7.71. The molecule has 0 aliphatic rings. The van der Waals surface area contributed by atoms with E-state index in [0.29, 0.717) is 40.0 Å². The lowest BCUT2D eigenvalue weighted by atomic mass is 9.85. The summed E-state index contributed by atoms with van der Waals surface area (Å²) in [6.07, 6.45) is 1.98. The number of methoxy groups -OCH3 is 1. The Morgan fingerprint density at radius 1 is 1.21 bits per heavy atom. The molecule has 150 valence electrons. The fraction of sp³-hybridized carbons (Fsp3) is 0.238. The number of ether oxygens (including phenoxy) is 1. The molecule has 2 aromatic heterocycles. The summed E-state index contributed by atoms with van der Waals surface area (Å²) in [4.78, 5) is 35.4. The number of carbonyl (C=O) groups is 1. The number of primary amides is 1. The first kappa shape index (κ1) is 20.5. The Morgan fingerprint density at radius 2 is 1.97 bits per heavy atom. The van der Waals surface area contributed by atoms with Gasteiger partial charge < -0.3 is 15.5 Å². The number of H-pyrrole nitrogens is 1. The highest BCUT2D eigenvalue weighted by molar-refractivity contribution is 6.33. The van der Waals surface area contributed by atoms with Crippen LogP contribution in [0, 0.1) is 5.41 Å². The van der Waals surface area contributed by atoms with Gasteiger partial charge in [0.15, 0.2) is 0 Å². The molecule has 3 aromatic rings. The molecule has 1 aromatic carbocycles. The standard InChI is InChI=1S/C21H21ClN4O3/c1-21(2,20(23)28)10-12-4-6-15(22)14(8-12)19-25-17(9-18(27)26-19)16-7-5-13(29-3)11-24-16/h4-9,11H,10H2,1-3H3,(H2,23,28)(H,25,26,27). The van der Waals surface area contributed by atoms with Gasteiger partial charge in [0.2, 0.25) is 5.91 Å². The predicted octanol–water partition coefficient (Wildman–Crippen LogP) is 3.21. The molecular weight excluding hydrogens is 392 g/mol. The minimum Gasteiger partial charge on any atom is -0.495 e. The number of hydrogen-bond acceptors (Lipinski definition) is 5. The summed E-state index contributed by atoms with van der Waals surface area (Å²) in [6, 6.07) is 10.2. The Bertz CT molecular complexity index is 1110. The Balaban J connectivity index is 2.04. The van der Waals surface area contributed by atoms with E-state index in [1.165, 1.54) is 6.07 Å². The Labute approximate surface area is 172 Å². The van der Waals surface area contributed by atoms with Crippen molar-refractivity contribution in [2.45, 2.75) is 20.3 Å². The Hall–Kier alpha value is -3.19. The van der Waals surface area contributed by atoms with Crippen LogP contribution >= 0.6 is 11.6 Å². The van der Waals surface area contributed by atoms with Crippen molar-refractivity contribution in [2.24, 2.45) is 11.1 Å². The van der Waals surface area contributed by atoms with Crippen LogP contribution in [-0.4, -0.2) is 28.0 Å². The first-order valence-corrected chi connectivity index (χ1v) is 9.28. The molecule has 3 N–H and O–H groups in total. The highest BCUT2D eigenvalue weighted by Gasteiger charge is 2.25. The minimum absolute atomic E-state index is 0.314. The second-order valence-electron chi connectivity index (χ2n) is 7.30. The molecule has 2 heterocycles. The molecular formula is C21H21ClN4O3. The van der Waals surface area contributed by atoms with E-state index >= 15 is 0 Å². The summed E-state index contributed by atoms with van der Waals surface area (Å²) in [5.41, 5.74) is 6.77. The number of benzene rings is 1. The number of aromatic nitrogens is 3. The number of nitrogens with zero attached hydrogens (tertiary/aromatic N) is 2. The average Bonchev–Trinajstić information content (AvgIpc) is 2.68. The van der Waals surface area contributed by atoms with Gasteiger partial charge in [0.1, 0.15) is 11.6 Å². The SMILES string of the molecule is COc1ccc(-c2cc(=O)[nH]c(-c3cc(CC(C)(C)C(N)=O)ccc3Cl)n2)nc1. The van der Waals surface area contributed by atoms with Crippen LogP contribution in [0.2, 0.25) is 5.02 Å². The molecule has 0 saturated heterocycles. The summed E-state index contributed by atoms with van der Waals surface area (Å²) in [5.74, 6) is 0.522. The third-order valence-corrected chi connectivity index (χ3v) is 4.90. The maximum atomic E-state index is 12.2. The van der Waals surface area contributed by atoms with Gasteiger partial charge >= 0.3 is 0 Å². The van der Waals surface area contributed by atoms with Gasteiger partial charge in [-0.2, -0.15) is 0 Å². The quantitative estimate of drug-likeness (QED) is 0.645. The molecule has 0 saturated carbocycles. The van der Waals surface area contributed by atoms with Crippen LogP contribution < -0.4 is 16.0 Å². The first-order chi connectivity index (χ1) is 13.7. The number of hydrogen-bond donors (Lipinski definition) is 2. The summed E-state index contributed by atoms with van der Waals surface area (Å²) in [6.45, 7) is 3.55. The van der Waals surface area contributed by atoms with Gasteiger partial charge in [-0.25, -0.2) is 4.98 Å². The number of nitrogens with one attached hydrogen (secondary N) is 1. The van der Waals surface area contributed by atoms with E-state index in [0.717, 1.165) is 5.56 Å². The van der Waals surface area contributed by atoms with Crippen LogP contribution in [0.25, 0.3) is 22.8 Å². The minimum atomic E-state index is -0.721. The van der Waals surface area contributed by atoms with Crippen molar-refractivity contribution < 1.29 is 9.53 Å². The maximum Gasteiger partial charge on any atom is 0.251 e. The van der Waals surface area contributed by atoms with Crippen molar-refractivity contribution in [3.05, 3.63) is 63.5 Å². The largest absolute Gasteiger partial charge is 0.495 e. The highest BCUT2D eigenvalue weighted by atomic mass is 35.5. The molecule has 0 bridgehead atoms. The van der Waals surface area contributed by atoms with Crippen molar-refractivity contribution in [3.8, 4) is 28.5 Å². The van der Waals surface area contributed by atoms with Crippen molar-refractivity contribution in [3.63, 3.8) is 0 Å². The van der Waals surface area contributed by atoms with Gasteiger partial charge in [-0.15, -0.1) is 0 Å². The maximum absolute atomic E-state index is 12.2. The van der Waals surface area contributed by atoms with Gasteiger partial charge in [0, 0.05) is 17.0 Å². The zero-order valence-electron chi connectivity index (χ0n) is 16.3. The molecule has 3 rings (SSSR count). The van der Waals surface area contributed by atoms with Crippen LogP contribution in [0.3, 0.4) is 0 Å². The summed E-state index contributed by atoms with van der Waals surface area (Å²) >= 11 is 6.37.